The maximum Gasteiger partial charge on any atom is 0.272 e. The molecule has 4 rings (SSSR count). The van der Waals surface area contributed by atoms with E-state index in [1.165, 1.54) is 5.56 Å². The topological polar surface area (TPSA) is 60.3 Å². The van der Waals surface area contributed by atoms with E-state index in [9.17, 15) is 4.79 Å². The molecular formula is C25H26N4O. The Morgan fingerprint density at radius 1 is 1.00 bits per heavy atom. The number of pyridine rings is 1. The summed E-state index contributed by atoms with van der Waals surface area (Å²) in [5, 5.41) is 8.46. The normalized spacial score (nSPS) is 14.2. The number of hydrogen-bond donors (Lipinski definition) is 1. The largest absolute Gasteiger partial charge is 0.364 e. The second kappa shape index (κ2) is 8.91. The van der Waals surface area contributed by atoms with Crippen molar-refractivity contribution in [2.45, 2.75) is 25.8 Å². The van der Waals surface area contributed by atoms with E-state index in [-0.39, 0.29) is 17.5 Å². The number of para-hydroxylation sites is 2. The van der Waals surface area contributed by atoms with E-state index in [2.05, 4.69) is 28.1 Å². The molecule has 0 fully saturated rings. The molecular weight excluding hydrogens is 372 g/mol. The molecule has 3 aromatic rings. The molecule has 2 aromatic carbocycles. The Bertz CT molecular complexity index is 1020. The predicted octanol–water partition coefficient (Wildman–Crippen LogP) is 4.65. The Morgan fingerprint density at radius 3 is 2.47 bits per heavy atom. The van der Waals surface area contributed by atoms with E-state index in [4.69, 9.17) is 5.41 Å². The second-order valence-electron chi connectivity index (χ2n) is 7.72. The fourth-order valence-electron chi connectivity index (χ4n) is 3.94. The van der Waals surface area contributed by atoms with Crippen LogP contribution in [0.3, 0.4) is 0 Å². The first-order chi connectivity index (χ1) is 14.6. The molecule has 0 radical (unpaired) electrons. The Balaban J connectivity index is 1.50. The highest BCUT2D eigenvalue weighted by atomic mass is 16.2. The van der Waals surface area contributed by atoms with Crippen molar-refractivity contribution in [2.24, 2.45) is 0 Å². The third-order valence-electron chi connectivity index (χ3n) is 5.59. The molecule has 1 aliphatic rings. The van der Waals surface area contributed by atoms with Gasteiger partial charge in [-0.15, -0.1) is 0 Å². The quantitative estimate of drug-likeness (QED) is 0.615. The lowest BCUT2D eigenvalue weighted by Crippen LogP contribution is -2.46. The van der Waals surface area contributed by atoms with Crippen LogP contribution in [0.5, 0.6) is 0 Å². The standard InChI is InChI=1S/C25H26N4O/c1-19(21-10-7-13-27-17-21)16-22(26)25(30)29-15-14-28(18-20-8-3-2-4-9-20)23-11-5-6-12-24(23)29/h2-13,17,19,26H,14-16,18H2,1H3. The van der Waals surface area contributed by atoms with Crippen LogP contribution in [0.4, 0.5) is 11.4 Å². The number of carbonyl (C=O) groups is 1. The number of carbonyl (C=O) groups excluding carboxylic acids is 1. The fourth-order valence-corrected chi connectivity index (χ4v) is 3.94. The maximum absolute atomic E-state index is 13.2. The average molecular weight is 399 g/mol. The summed E-state index contributed by atoms with van der Waals surface area (Å²) in [4.78, 5) is 21.4. The molecule has 152 valence electrons. The summed E-state index contributed by atoms with van der Waals surface area (Å²) in [7, 11) is 0. The smallest absolute Gasteiger partial charge is 0.272 e. The fraction of sp³-hybridized carbons (Fsp3) is 0.240. The van der Waals surface area contributed by atoms with Crippen molar-refractivity contribution in [3.8, 4) is 0 Å². The number of fused-ring (bicyclic) bond motifs is 1. The van der Waals surface area contributed by atoms with E-state index in [0.717, 1.165) is 30.0 Å². The van der Waals surface area contributed by atoms with E-state index >= 15 is 0 Å². The molecule has 1 aliphatic heterocycles. The van der Waals surface area contributed by atoms with Gasteiger partial charge in [0.15, 0.2) is 0 Å². The number of nitrogens with zero attached hydrogens (tertiary/aromatic N) is 3. The van der Waals surface area contributed by atoms with E-state index in [1.54, 1.807) is 17.3 Å². The second-order valence-corrected chi connectivity index (χ2v) is 7.72. The van der Waals surface area contributed by atoms with E-state index in [0.29, 0.717) is 13.0 Å². The molecule has 1 atom stereocenters. The molecule has 0 aliphatic carbocycles. The lowest BCUT2D eigenvalue weighted by atomic mass is 9.96. The van der Waals surface area contributed by atoms with E-state index in [1.807, 2.05) is 55.5 Å². The molecule has 1 N–H and O–H groups in total. The number of nitrogens with one attached hydrogen (secondary N) is 1. The van der Waals surface area contributed by atoms with Crippen LogP contribution in [0.25, 0.3) is 0 Å². The number of benzene rings is 2. The molecule has 0 bridgehead atoms. The van der Waals surface area contributed by atoms with Gasteiger partial charge in [-0.05, 0) is 35.2 Å². The third-order valence-corrected chi connectivity index (χ3v) is 5.59. The molecule has 1 unspecified atom stereocenters. The van der Waals surface area contributed by atoms with Crippen LogP contribution >= 0.6 is 0 Å². The summed E-state index contributed by atoms with van der Waals surface area (Å²) in [6, 6.07) is 22.2. The van der Waals surface area contributed by atoms with Crippen LogP contribution < -0.4 is 9.80 Å². The molecule has 5 nitrogen and oxygen atoms in total. The molecule has 0 saturated heterocycles. The van der Waals surface area contributed by atoms with Gasteiger partial charge in [0.05, 0.1) is 17.1 Å². The van der Waals surface area contributed by atoms with Crippen molar-refractivity contribution in [1.82, 2.24) is 4.98 Å². The monoisotopic (exact) mass is 398 g/mol. The van der Waals surface area contributed by atoms with Crippen molar-refractivity contribution in [3.05, 3.63) is 90.3 Å². The van der Waals surface area contributed by atoms with Crippen molar-refractivity contribution in [1.29, 1.82) is 5.41 Å². The number of rotatable bonds is 6. The van der Waals surface area contributed by atoms with Crippen molar-refractivity contribution < 1.29 is 4.79 Å². The van der Waals surface area contributed by atoms with Gasteiger partial charge in [0.2, 0.25) is 0 Å². The number of anilines is 2. The van der Waals surface area contributed by atoms with Crippen LogP contribution in [0.1, 0.15) is 30.4 Å². The van der Waals surface area contributed by atoms with Gasteiger partial charge in [-0.2, -0.15) is 0 Å². The predicted molar refractivity (Wildman–Crippen MR) is 121 cm³/mol. The minimum atomic E-state index is -0.211. The number of aromatic nitrogens is 1. The van der Waals surface area contributed by atoms with Crippen LogP contribution in [0.2, 0.25) is 0 Å². The highest BCUT2D eigenvalue weighted by Crippen LogP contribution is 2.34. The van der Waals surface area contributed by atoms with Gasteiger partial charge in [0, 0.05) is 38.4 Å². The van der Waals surface area contributed by atoms with Crippen molar-refractivity contribution >= 4 is 23.0 Å². The molecule has 0 saturated carbocycles. The molecule has 1 aromatic heterocycles. The van der Waals surface area contributed by atoms with Crippen LogP contribution in [0.15, 0.2) is 79.1 Å². The molecule has 2 heterocycles. The Hall–Kier alpha value is -3.47. The lowest BCUT2D eigenvalue weighted by molar-refractivity contribution is -0.112. The maximum atomic E-state index is 13.2. The Morgan fingerprint density at radius 2 is 1.73 bits per heavy atom. The molecule has 30 heavy (non-hydrogen) atoms. The van der Waals surface area contributed by atoms with Gasteiger partial charge in [-0.3, -0.25) is 15.2 Å². The molecule has 0 spiro atoms. The highest BCUT2D eigenvalue weighted by Gasteiger charge is 2.29. The summed E-state index contributed by atoms with van der Waals surface area (Å²) >= 11 is 0. The first-order valence-corrected chi connectivity index (χ1v) is 10.3. The summed E-state index contributed by atoms with van der Waals surface area (Å²) in [6.45, 7) is 4.15. The van der Waals surface area contributed by atoms with E-state index < -0.39 is 0 Å². The van der Waals surface area contributed by atoms with Crippen molar-refractivity contribution in [3.63, 3.8) is 0 Å². The molecule has 5 heteroatoms. The first kappa shape index (κ1) is 19.8. The van der Waals surface area contributed by atoms with Crippen LogP contribution in [-0.2, 0) is 11.3 Å². The average Bonchev–Trinajstić information content (AvgIpc) is 2.80. The summed E-state index contributed by atoms with van der Waals surface area (Å²) in [5.74, 6) is -0.137. The Labute approximate surface area is 177 Å². The molecule has 1 amide bonds. The SMILES string of the molecule is CC(CC(=N)C(=O)N1CCN(Cc2ccccc2)c2ccccc21)c1cccnc1. The van der Waals surface area contributed by atoms with Gasteiger partial charge < -0.3 is 9.80 Å². The lowest BCUT2D eigenvalue weighted by Gasteiger charge is -2.38. The zero-order valence-electron chi connectivity index (χ0n) is 17.2. The summed E-state index contributed by atoms with van der Waals surface area (Å²) < 4.78 is 0. The highest BCUT2D eigenvalue weighted by molar-refractivity contribution is 6.43. The van der Waals surface area contributed by atoms with Crippen LogP contribution in [-0.4, -0.2) is 29.7 Å². The minimum Gasteiger partial charge on any atom is -0.364 e. The number of amides is 1. The zero-order chi connectivity index (χ0) is 20.9. The zero-order valence-corrected chi connectivity index (χ0v) is 17.2. The van der Waals surface area contributed by atoms with Gasteiger partial charge in [-0.25, -0.2) is 0 Å². The Kier molecular flexibility index (Phi) is 5.89. The van der Waals surface area contributed by atoms with Crippen molar-refractivity contribution in [2.75, 3.05) is 22.9 Å². The summed E-state index contributed by atoms with van der Waals surface area (Å²) in [6.07, 6.45) is 3.94. The summed E-state index contributed by atoms with van der Waals surface area (Å²) in [5.41, 5.74) is 4.34. The van der Waals surface area contributed by atoms with Crippen LogP contribution in [0, 0.1) is 5.41 Å². The first-order valence-electron chi connectivity index (χ1n) is 10.3. The van der Waals surface area contributed by atoms with Gasteiger partial charge in [-0.1, -0.05) is 55.5 Å². The van der Waals surface area contributed by atoms with Gasteiger partial charge in [0.1, 0.15) is 0 Å². The third kappa shape index (κ3) is 4.25. The van der Waals surface area contributed by atoms with Gasteiger partial charge in [0.25, 0.3) is 5.91 Å². The number of hydrogen-bond acceptors (Lipinski definition) is 4. The van der Waals surface area contributed by atoms with Gasteiger partial charge >= 0.3 is 0 Å². The minimum absolute atomic E-state index is 0.0739.